The lowest BCUT2D eigenvalue weighted by atomic mass is 9.80. The summed E-state index contributed by atoms with van der Waals surface area (Å²) in [4.78, 5) is 26.4. The van der Waals surface area contributed by atoms with Crippen molar-refractivity contribution in [3.63, 3.8) is 0 Å². The molecule has 1 aromatic rings. The van der Waals surface area contributed by atoms with Crippen molar-refractivity contribution in [2.24, 2.45) is 11.8 Å². The highest BCUT2D eigenvalue weighted by Crippen LogP contribution is 2.37. The fourth-order valence-corrected chi connectivity index (χ4v) is 4.48. The molecule has 0 radical (unpaired) electrons. The maximum Gasteiger partial charge on any atom is 0.306 e. The van der Waals surface area contributed by atoms with E-state index in [1.165, 1.54) is 16.7 Å². The van der Waals surface area contributed by atoms with E-state index in [-0.39, 0.29) is 23.8 Å². The van der Waals surface area contributed by atoms with Gasteiger partial charge in [0.15, 0.2) is 0 Å². The smallest absolute Gasteiger partial charge is 0.306 e. The summed E-state index contributed by atoms with van der Waals surface area (Å²) >= 11 is 0. The van der Waals surface area contributed by atoms with Gasteiger partial charge in [0, 0.05) is 12.5 Å². The van der Waals surface area contributed by atoms with Crippen molar-refractivity contribution >= 4 is 11.9 Å². The average Bonchev–Trinajstić information content (AvgIpc) is 2.63. The summed E-state index contributed by atoms with van der Waals surface area (Å²) < 4.78 is 0. The van der Waals surface area contributed by atoms with Crippen LogP contribution in [0.5, 0.6) is 0 Å². The van der Waals surface area contributed by atoms with Gasteiger partial charge < -0.3 is 10.0 Å². The van der Waals surface area contributed by atoms with Gasteiger partial charge in [-0.25, -0.2) is 0 Å². The number of likely N-dealkylation sites (tertiary alicyclic amines) is 1. The average molecular weight is 343 g/mol. The molecule has 1 N–H and O–H groups in total. The Bertz CT molecular complexity index is 647. The van der Waals surface area contributed by atoms with E-state index in [9.17, 15) is 9.59 Å². The molecule has 0 aromatic heterocycles. The van der Waals surface area contributed by atoms with Gasteiger partial charge in [-0.2, -0.15) is 0 Å². The first-order valence-electron chi connectivity index (χ1n) is 9.58. The summed E-state index contributed by atoms with van der Waals surface area (Å²) in [6.45, 7) is 5.11. The van der Waals surface area contributed by atoms with E-state index in [0.29, 0.717) is 25.7 Å². The number of benzene rings is 1. The lowest BCUT2D eigenvalue weighted by Crippen LogP contribution is -2.43. The number of carbonyl (C=O) groups excluding carboxylic acids is 1. The van der Waals surface area contributed by atoms with Crippen LogP contribution in [0, 0.1) is 25.7 Å². The van der Waals surface area contributed by atoms with Crippen LogP contribution >= 0.6 is 0 Å². The maximum absolute atomic E-state index is 13.2. The number of nitrogens with zero attached hydrogens (tertiary/aromatic N) is 1. The Balaban J connectivity index is 1.76. The largest absolute Gasteiger partial charge is 0.481 e. The highest BCUT2D eigenvalue weighted by molar-refractivity contribution is 5.80. The van der Waals surface area contributed by atoms with Gasteiger partial charge >= 0.3 is 5.97 Å². The molecule has 1 heterocycles. The number of hydrogen-bond donors (Lipinski definition) is 1. The van der Waals surface area contributed by atoms with Gasteiger partial charge in [-0.15, -0.1) is 0 Å². The SMILES string of the molecule is Cc1cccc(C2CCCCN2C(=O)C2CCC(C(=O)O)CC2)c1C. The van der Waals surface area contributed by atoms with E-state index in [1.54, 1.807) is 0 Å². The van der Waals surface area contributed by atoms with Crippen molar-refractivity contribution in [2.45, 2.75) is 64.8 Å². The van der Waals surface area contributed by atoms with Crippen LogP contribution in [0.15, 0.2) is 18.2 Å². The summed E-state index contributed by atoms with van der Waals surface area (Å²) in [5.41, 5.74) is 3.85. The van der Waals surface area contributed by atoms with E-state index in [4.69, 9.17) is 5.11 Å². The number of amides is 1. The standard InChI is InChI=1S/C21H29NO3/c1-14-6-5-7-18(15(14)2)19-8-3-4-13-22(19)20(23)16-9-11-17(12-10-16)21(24)25/h5-7,16-17,19H,3-4,8-13H2,1-2H3,(H,24,25). The zero-order chi connectivity index (χ0) is 18.0. The van der Waals surface area contributed by atoms with E-state index in [2.05, 4.69) is 36.9 Å². The van der Waals surface area contributed by atoms with E-state index >= 15 is 0 Å². The Morgan fingerprint density at radius 1 is 1.00 bits per heavy atom. The lowest BCUT2D eigenvalue weighted by molar-refractivity contribution is -0.147. The normalized spacial score (nSPS) is 27.1. The summed E-state index contributed by atoms with van der Waals surface area (Å²) in [6.07, 6.45) is 5.95. The predicted octanol–water partition coefficient (Wildman–Crippen LogP) is 4.25. The molecule has 3 rings (SSSR count). The second-order valence-electron chi connectivity index (χ2n) is 7.72. The fourth-order valence-electron chi connectivity index (χ4n) is 4.48. The van der Waals surface area contributed by atoms with Crippen LogP contribution in [-0.2, 0) is 9.59 Å². The van der Waals surface area contributed by atoms with E-state index < -0.39 is 5.97 Å². The van der Waals surface area contributed by atoms with Crippen molar-refractivity contribution in [3.05, 3.63) is 34.9 Å². The molecule has 1 aliphatic carbocycles. The van der Waals surface area contributed by atoms with Crippen molar-refractivity contribution in [2.75, 3.05) is 6.54 Å². The van der Waals surface area contributed by atoms with Gasteiger partial charge in [0.05, 0.1) is 12.0 Å². The number of carboxylic acids is 1. The van der Waals surface area contributed by atoms with E-state index in [1.807, 2.05) is 0 Å². The zero-order valence-corrected chi connectivity index (χ0v) is 15.3. The fraction of sp³-hybridized carbons (Fsp3) is 0.619. The van der Waals surface area contributed by atoms with Crippen LogP contribution in [-0.4, -0.2) is 28.4 Å². The van der Waals surface area contributed by atoms with Crippen LogP contribution in [0.1, 0.15) is 67.7 Å². The Hall–Kier alpha value is -1.84. The molecule has 0 bridgehead atoms. The molecule has 1 atom stereocenters. The first-order valence-corrected chi connectivity index (χ1v) is 9.58. The minimum absolute atomic E-state index is 0.00122. The van der Waals surface area contributed by atoms with Crippen LogP contribution in [0.25, 0.3) is 0 Å². The molecule has 4 heteroatoms. The first-order chi connectivity index (χ1) is 12.0. The molecule has 1 saturated heterocycles. The van der Waals surface area contributed by atoms with Gasteiger partial charge in [-0.1, -0.05) is 18.2 Å². The highest BCUT2D eigenvalue weighted by Gasteiger charge is 2.36. The topological polar surface area (TPSA) is 57.6 Å². The van der Waals surface area contributed by atoms with Gasteiger partial charge in [0.25, 0.3) is 0 Å². The molecular weight excluding hydrogens is 314 g/mol. The molecule has 136 valence electrons. The maximum atomic E-state index is 13.2. The number of piperidine rings is 1. The van der Waals surface area contributed by atoms with Gasteiger partial charge in [-0.3, -0.25) is 9.59 Å². The Labute approximate surface area is 150 Å². The summed E-state index contributed by atoms with van der Waals surface area (Å²) in [7, 11) is 0. The molecule has 4 nitrogen and oxygen atoms in total. The monoisotopic (exact) mass is 343 g/mol. The predicted molar refractivity (Wildman–Crippen MR) is 97.3 cm³/mol. The molecule has 2 aliphatic rings. The molecule has 1 amide bonds. The highest BCUT2D eigenvalue weighted by atomic mass is 16.4. The third kappa shape index (κ3) is 3.73. The summed E-state index contributed by atoms with van der Waals surface area (Å²) in [5, 5.41) is 9.16. The number of rotatable bonds is 3. The Morgan fingerprint density at radius 2 is 1.68 bits per heavy atom. The first kappa shape index (κ1) is 18.0. The number of aliphatic carboxylic acids is 1. The molecule has 1 unspecified atom stereocenters. The molecule has 0 spiro atoms. The van der Waals surface area contributed by atoms with Crippen molar-refractivity contribution in [3.8, 4) is 0 Å². The molecule has 2 fully saturated rings. The lowest BCUT2D eigenvalue weighted by Gasteiger charge is -2.40. The van der Waals surface area contributed by atoms with E-state index in [0.717, 1.165) is 25.8 Å². The van der Waals surface area contributed by atoms with Gasteiger partial charge in [0.1, 0.15) is 0 Å². The van der Waals surface area contributed by atoms with Crippen molar-refractivity contribution in [1.29, 1.82) is 0 Å². The third-order valence-corrected chi connectivity index (χ3v) is 6.22. The Morgan fingerprint density at radius 3 is 2.36 bits per heavy atom. The molecule has 1 aliphatic heterocycles. The number of carboxylic acid groups (broad SMARTS) is 1. The van der Waals surface area contributed by atoms with Gasteiger partial charge in [0.2, 0.25) is 5.91 Å². The van der Waals surface area contributed by atoms with Crippen molar-refractivity contribution < 1.29 is 14.7 Å². The van der Waals surface area contributed by atoms with Crippen LogP contribution in [0.3, 0.4) is 0 Å². The van der Waals surface area contributed by atoms with Crippen molar-refractivity contribution in [1.82, 2.24) is 4.90 Å². The molecule has 1 aromatic carbocycles. The minimum Gasteiger partial charge on any atom is -0.481 e. The molecule has 25 heavy (non-hydrogen) atoms. The number of aryl methyl sites for hydroxylation is 1. The molecule has 1 saturated carbocycles. The Kier molecular flexibility index (Phi) is 5.45. The van der Waals surface area contributed by atoms with Gasteiger partial charge in [-0.05, 0) is 75.5 Å². The third-order valence-electron chi connectivity index (χ3n) is 6.22. The summed E-state index contributed by atoms with van der Waals surface area (Å²) in [5.74, 6) is -0.729. The summed E-state index contributed by atoms with van der Waals surface area (Å²) in [6, 6.07) is 6.56. The van der Waals surface area contributed by atoms with Crippen LogP contribution < -0.4 is 0 Å². The van der Waals surface area contributed by atoms with Crippen LogP contribution in [0.2, 0.25) is 0 Å². The quantitative estimate of drug-likeness (QED) is 0.892. The number of carbonyl (C=O) groups is 2. The van der Waals surface area contributed by atoms with Crippen LogP contribution in [0.4, 0.5) is 0 Å². The second kappa shape index (κ2) is 7.59. The minimum atomic E-state index is -0.711. The number of hydrogen-bond acceptors (Lipinski definition) is 2. The molecular formula is C21H29NO3. The zero-order valence-electron chi connectivity index (χ0n) is 15.3. The second-order valence-corrected chi connectivity index (χ2v) is 7.72.